The minimum Gasteiger partial charge on any atom is -0.224 e. The first-order chi connectivity index (χ1) is 5.41. The lowest BCUT2D eigenvalue weighted by Crippen LogP contribution is -1.96. The molecule has 0 aliphatic heterocycles. The first kappa shape index (κ1) is 9.84. The van der Waals surface area contributed by atoms with Crippen molar-refractivity contribution in [3.8, 4) is 0 Å². The molecule has 0 aliphatic carbocycles. The highest BCUT2D eigenvalue weighted by Crippen LogP contribution is 2.24. The van der Waals surface area contributed by atoms with Gasteiger partial charge in [-0.25, -0.2) is 8.42 Å². The molecule has 0 aliphatic rings. The Morgan fingerprint density at radius 3 is 2.17 bits per heavy atom. The molecular formula is C7H6Cl2O2S. The first-order valence-electron chi connectivity index (χ1n) is 3.06. The maximum Gasteiger partial charge on any atom is 0.175 e. The molecule has 5 heteroatoms. The average Bonchev–Trinajstić information content (AvgIpc) is 1.92. The summed E-state index contributed by atoms with van der Waals surface area (Å²) in [5.41, 5.74) is 0. The number of hydrogen-bond acceptors (Lipinski definition) is 2. The minimum atomic E-state index is -3.19. The second kappa shape index (κ2) is 3.24. The molecule has 0 N–H and O–H groups in total. The molecule has 0 aromatic heterocycles. The van der Waals surface area contributed by atoms with Gasteiger partial charge in [0.05, 0.1) is 14.9 Å². The molecule has 12 heavy (non-hydrogen) atoms. The lowest BCUT2D eigenvalue weighted by molar-refractivity contribution is 0.602. The normalized spacial score (nSPS) is 11.6. The molecule has 1 rings (SSSR count). The van der Waals surface area contributed by atoms with E-state index in [2.05, 4.69) is 0 Å². The van der Waals surface area contributed by atoms with Crippen LogP contribution in [0.25, 0.3) is 0 Å². The van der Waals surface area contributed by atoms with Crippen molar-refractivity contribution in [2.45, 2.75) is 4.90 Å². The van der Waals surface area contributed by atoms with Gasteiger partial charge in [-0.05, 0) is 18.2 Å². The van der Waals surface area contributed by atoms with Crippen LogP contribution in [-0.4, -0.2) is 14.7 Å². The quantitative estimate of drug-likeness (QED) is 0.735. The Hall–Kier alpha value is -0.250. The SMILES string of the molecule is CS(=O)(=O)c1ccc(Cl)c(Cl)c1. The molecule has 0 bridgehead atoms. The van der Waals surface area contributed by atoms with E-state index in [-0.39, 0.29) is 9.92 Å². The Bertz CT molecular complexity index is 398. The van der Waals surface area contributed by atoms with Gasteiger partial charge >= 0.3 is 0 Å². The predicted octanol–water partition coefficient (Wildman–Crippen LogP) is 2.40. The van der Waals surface area contributed by atoms with Crippen LogP contribution < -0.4 is 0 Å². The van der Waals surface area contributed by atoms with Gasteiger partial charge in [0.1, 0.15) is 0 Å². The smallest absolute Gasteiger partial charge is 0.175 e. The zero-order valence-corrected chi connectivity index (χ0v) is 8.54. The third-order valence-corrected chi connectivity index (χ3v) is 3.17. The van der Waals surface area contributed by atoms with Gasteiger partial charge in [0.2, 0.25) is 0 Å². The third kappa shape index (κ3) is 2.12. The Morgan fingerprint density at radius 2 is 1.75 bits per heavy atom. The summed E-state index contributed by atoms with van der Waals surface area (Å²) in [7, 11) is -3.19. The van der Waals surface area contributed by atoms with Crippen molar-refractivity contribution >= 4 is 33.0 Å². The summed E-state index contributed by atoms with van der Waals surface area (Å²) in [5, 5.41) is 0.601. The monoisotopic (exact) mass is 224 g/mol. The second-order valence-electron chi connectivity index (χ2n) is 2.35. The Morgan fingerprint density at radius 1 is 1.17 bits per heavy atom. The van der Waals surface area contributed by atoms with Crippen LogP contribution in [0.15, 0.2) is 23.1 Å². The van der Waals surface area contributed by atoms with Crippen LogP contribution in [0.2, 0.25) is 10.0 Å². The van der Waals surface area contributed by atoms with Gasteiger partial charge < -0.3 is 0 Å². The van der Waals surface area contributed by atoms with Gasteiger partial charge in [0, 0.05) is 6.26 Å². The summed E-state index contributed by atoms with van der Waals surface area (Å²) in [4.78, 5) is 0.178. The molecule has 0 fully saturated rings. The summed E-state index contributed by atoms with van der Waals surface area (Å²) in [5.74, 6) is 0. The second-order valence-corrected chi connectivity index (χ2v) is 5.18. The molecule has 0 saturated heterocycles. The van der Waals surface area contributed by atoms with E-state index in [0.29, 0.717) is 5.02 Å². The van der Waals surface area contributed by atoms with Crippen LogP contribution in [-0.2, 0) is 9.84 Å². The van der Waals surface area contributed by atoms with Crippen LogP contribution in [0.4, 0.5) is 0 Å². The number of sulfone groups is 1. The fraction of sp³-hybridized carbons (Fsp3) is 0.143. The standard InChI is InChI=1S/C7H6Cl2O2S/c1-12(10,11)5-2-3-6(8)7(9)4-5/h2-4H,1H3. The van der Waals surface area contributed by atoms with Crippen molar-refractivity contribution in [3.63, 3.8) is 0 Å². The number of rotatable bonds is 1. The summed E-state index contributed by atoms with van der Waals surface area (Å²) in [6.45, 7) is 0. The molecular weight excluding hydrogens is 219 g/mol. The molecule has 1 aromatic carbocycles. The van der Waals surface area contributed by atoms with E-state index in [9.17, 15) is 8.42 Å². The molecule has 2 nitrogen and oxygen atoms in total. The molecule has 0 radical (unpaired) electrons. The highest BCUT2D eigenvalue weighted by molar-refractivity contribution is 7.90. The zero-order valence-electron chi connectivity index (χ0n) is 6.21. The minimum absolute atomic E-state index is 0.178. The van der Waals surface area contributed by atoms with E-state index in [1.807, 2.05) is 0 Å². The van der Waals surface area contributed by atoms with Gasteiger partial charge in [-0.3, -0.25) is 0 Å². The fourth-order valence-corrected chi connectivity index (χ4v) is 1.72. The number of benzene rings is 1. The molecule has 0 spiro atoms. The topological polar surface area (TPSA) is 34.1 Å². The van der Waals surface area contributed by atoms with Crippen molar-refractivity contribution in [2.75, 3.05) is 6.26 Å². The zero-order chi connectivity index (χ0) is 9.35. The van der Waals surface area contributed by atoms with Gasteiger partial charge in [0.15, 0.2) is 9.84 Å². The van der Waals surface area contributed by atoms with E-state index in [1.54, 1.807) is 0 Å². The van der Waals surface area contributed by atoms with E-state index in [1.165, 1.54) is 18.2 Å². The van der Waals surface area contributed by atoms with Crippen LogP contribution in [0.3, 0.4) is 0 Å². The molecule has 0 atom stereocenters. The van der Waals surface area contributed by atoms with E-state index in [4.69, 9.17) is 23.2 Å². The largest absolute Gasteiger partial charge is 0.224 e. The van der Waals surface area contributed by atoms with Gasteiger partial charge in [-0.15, -0.1) is 0 Å². The van der Waals surface area contributed by atoms with Crippen LogP contribution in [0, 0.1) is 0 Å². The maximum absolute atomic E-state index is 11.0. The van der Waals surface area contributed by atoms with Crippen molar-refractivity contribution in [2.24, 2.45) is 0 Å². The molecule has 0 saturated carbocycles. The first-order valence-corrected chi connectivity index (χ1v) is 5.71. The molecule has 0 amide bonds. The fourth-order valence-electron chi connectivity index (χ4n) is 0.707. The van der Waals surface area contributed by atoms with Crippen molar-refractivity contribution in [3.05, 3.63) is 28.2 Å². The molecule has 1 aromatic rings. The van der Waals surface area contributed by atoms with Crippen molar-refractivity contribution in [1.82, 2.24) is 0 Å². The van der Waals surface area contributed by atoms with E-state index < -0.39 is 9.84 Å². The highest BCUT2D eigenvalue weighted by atomic mass is 35.5. The summed E-state index contributed by atoms with van der Waals surface area (Å²) in [6, 6.07) is 4.21. The average molecular weight is 225 g/mol. The van der Waals surface area contributed by atoms with E-state index in [0.717, 1.165) is 6.26 Å². The van der Waals surface area contributed by atoms with E-state index >= 15 is 0 Å². The lowest BCUT2D eigenvalue weighted by Gasteiger charge is -1.99. The third-order valence-electron chi connectivity index (χ3n) is 1.32. The van der Waals surface area contributed by atoms with Crippen LogP contribution >= 0.6 is 23.2 Å². The van der Waals surface area contributed by atoms with Crippen molar-refractivity contribution in [1.29, 1.82) is 0 Å². The van der Waals surface area contributed by atoms with Crippen LogP contribution in [0.1, 0.15) is 0 Å². The predicted molar refractivity (Wildman–Crippen MR) is 49.6 cm³/mol. The Kier molecular flexibility index (Phi) is 2.66. The lowest BCUT2D eigenvalue weighted by atomic mass is 10.4. The van der Waals surface area contributed by atoms with Gasteiger partial charge in [0.25, 0.3) is 0 Å². The molecule has 66 valence electrons. The highest BCUT2D eigenvalue weighted by Gasteiger charge is 2.08. The Labute approximate surface area is 81.0 Å². The summed E-state index contributed by atoms with van der Waals surface area (Å²) in [6.07, 6.45) is 1.12. The van der Waals surface area contributed by atoms with Gasteiger partial charge in [-0.2, -0.15) is 0 Å². The van der Waals surface area contributed by atoms with Crippen LogP contribution in [0.5, 0.6) is 0 Å². The number of hydrogen-bond donors (Lipinski definition) is 0. The van der Waals surface area contributed by atoms with Gasteiger partial charge in [-0.1, -0.05) is 23.2 Å². The summed E-state index contributed by atoms with van der Waals surface area (Å²) >= 11 is 11.2. The number of halogens is 2. The Balaban J connectivity index is 3.33. The van der Waals surface area contributed by atoms with Crippen molar-refractivity contribution < 1.29 is 8.42 Å². The maximum atomic E-state index is 11.0. The molecule has 0 unspecified atom stereocenters. The molecule has 0 heterocycles. The summed E-state index contributed by atoms with van der Waals surface area (Å²) < 4.78 is 22.0.